The van der Waals surface area contributed by atoms with Gasteiger partial charge in [-0.1, -0.05) is 0 Å². The summed E-state index contributed by atoms with van der Waals surface area (Å²) in [6.45, 7) is 0. The first kappa shape index (κ1) is 14.5. The zero-order chi connectivity index (χ0) is 16.4. The minimum absolute atomic E-state index is 0.144. The molecule has 1 aromatic carbocycles. The van der Waals surface area contributed by atoms with Crippen molar-refractivity contribution < 1.29 is 14.4 Å². The largest absolute Gasteiger partial charge is 0.369 e. The lowest BCUT2D eigenvalue weighted by atomic mass is 10.1. The van der Waals surface area contributed by atoms with Crippen LogP contribution >= 0.6 is 0 Å². The van der Waals surface area contributed by atoms with E-state index in [9.17, 15) is 14.4 Å². The molecule has 3 rings (SSSR count). The van der Waals surface area contributed by atoms with Crippen LogP contribution in [0.25, 0.3) is 10.9 Å². The van der Waals surface area contributed by atoms with Crippen LogP contribution < -0.4 is 21.7 Å². The number of fused-ring (bicyclic) bond motifs is 1. The molecule has 6 N–H and O–H groups in total. The number of hydrogen-bond acceptors (Lipinski definition) is 5. The Bertz CT molecular complexity index is 810. The third-order valence-corrected chi connectivity index (χ3v) is 3.19. The van der Waals surface area contributed by atoms with Crippen LogP contribution in [-0.2, 0) is 9.59 Å². The molecule has 0 bridgehead atoms. The summed E-state index contributed by atoms with van der Waals surface area (Å²) in [5, 5.41) is 14.3. The van der Waals surface area contributed by atoms with Gasteiger partial charge in [0.2, 0.25) is 17.8 Å². The standard InChI is InChI=1S/C13H13N7O3/c14-12(16-7-2-1-6-5-15-20-8(6)3-7)19-11(22)9-4-10(21)18-13(23)17-9/h1-3,5,9H,4H2,(H,15,20)(H3,14,16,19,22)(H2,17,18,21,23). The number of carbonyl (C=O) groups is 3. The average Bonchev–Trinajstić information content (AvgIpc) is 2.93. The van der Waals surface area contributed by atoms with Crippen LogP contribution in [0.15, 0.2) is 29.4 Å². The van der Waals surface area contributed by atoms with Crippen molar-refractivity contribution in [1.29, 1.82) is 0 Å². The SMILES string of the molecule is NC(=Nc1ccc2cn[nH]c2c1)NC(=O)C1CC(=O)NC(=O)N1. The van der Waals surface area contributed by atoms with E-state index < -0.39 is 23.9 Å². The summed E-state index contributed by atoms with van der Waals surface area (Å²) in [7, 11) is 0. The Morgan fingerprint density at radius 3 is 3.00 bits per heavy atom. The number of rotatable bonds is 2. The zero-order valence-electron chi connectivity index (χ0n) is 11.8. The van der Waals surface area contributed by atoms with E-state index in [4.69, 9.17) is 5.73 Å². The number of imide groups is 1. The van der Waals surface area contributed by atoms with Crippen molar-refractivity contribution in [3.8, 4) is 0 Å². The van der Waals surface area contributed by atoms with Gasteiger partial charge in [-0.15, -0.1) is 0 Å². The molecule has 0 aliphatic carbocycles. The fraction of sp³-hybridized carbons (Fsp3) is 0.154. The quantitative estimate of drug-likeness (QED) is 0.363. The average molecular weight is 315 g/mol. The number of H-pyrrole nitrogens is 1. The maximum absolute atomic E-state index is 12.0. The molecule has 1 unspecified atom stereocenters. The number of aromatic amines is 1. The molecule has 0 radical (unpaired) electrons. The van der Waals surface area contributed by atoms with Gasteiger partial charge in [-0.25, -0.2) is 9.79 Å². The molecule has 118 valence electrons. The fourth-order valence-electron chi connectivity index (χ4n) is 2.14. The van der Waals surface area contributed by atoms with Crippen molar-refractivity contribution in [2.24, 2.45) is 10.7 Å². The van der Waals surface area contributed by atoms with Gasteiger partial charge in [0.25, 0.3) is 0 Å². The predicted octanol–water partition coefficient (Wildman–Crippen LogP) is -0.777. The third kappa shape index (κ3) is 3.26. The minimum Gasteiger partial charge on any atom is -0.369 e. The third-order valence-electron chi connectivity index (χ3n) is 3.19. The highest BCUT2D eigenvalue weighted by Crippen LogP contribution is 2.18. The van der Waals surface area contributed by atoms with Crippen molar-refractivity contribution in [1.82, 2.24) is 26.1 Å². The predicted molar refractivity (Wildman–Crippen MR) is 80.6 cm³/mol. The summed E-state index contributed by atoms with van der Waals surface area (Å²) in [5.74, 6) is -1.29. The van der Waals surface area contributed by atoms with Crippen LogP contribution in [0.2, 0.25) is 0 Å². The Hall–Kier alpha value is -3.43. The highest BCUT2D eigenvalue weighted by atomic mass is 16.2. The molecule has 1 fully saturated rings. The fourth-order valence-corrected chi connectivity index (χ4v) is 2.14. The highest BCUT2D eigenvalue weighted by molar-refractivity contribution is 6.06. The first-order valence-corrected chi connectivity index (χ1v) is 6.70. The van der Waals surface area contributed by atoms with E-state index in [0.717, 1.165) is 10.9 Å². The maximum atomic E-state index is 12.0. The van der Waals surface area contributed by atoms with E-state index in [1.54, 1.807) is 24.4 Å². The molecule has 10 nitrogen and oxygen atoms in total. The number of benzene rings is 1. The molecule has 0 spiro atoms. The summed E-state index contributed by atoms with van der Waals surface area (Å²) < 4.78 is 0. The molecule has 23 heavy (non-hydrogen) atoms. The molecule has 1 saturated heterocycles. The topological polar surface area (TPSA) is 154 Å². The summed E-state index contributed by atoms with van der Waals surface area (Å²) >= 11 is 0. The van der Waals surface area contributed by atoms with Gasteiger partial charge in [-0.05, 0) is 18.2 Å². The Morgan fingerprint density at radius 1 is 1.39 bits per heavy atom. The number of aliphatic imine (C=N–C) groups is 1. The maximum Gasteiger partial charge on any atom is 0.322 e. The van der Waals surface area contributed by atoms with Crippen LogP contribution in [0.4, 0.5) is 10.5 Å². The molecule has 1 aliphatic heterocycles. The van der Waals surface area contributed by atoms with E-state index in [1.807, 2.05) is 5.32 Å². The Morgan fingerprint density at radius 2 is 2.22 bits per heavy atom. The summed E-state index contributed by atoms with van der Waals surface area (Å²) in [4.78, 5) is 38.5. The number of aromatic nitrogens is 2. The van der Waals surface area contributed by atoms with Gasteiger partial charge >= 0.3 is 6.03 Å². The Labute approximate surface area is 129 Å². The lowest BCUT2D eigenvalue weighted by Crippen LogP contribution is -2.58. The number of nitrogens with two attached hydrogens (primary N) is 1. The van der Waals surface area contributed by atoms with Gasteiger partial charge < -0.3 is 11.1 Å². The molecular weight excluding hydrogens is 302 g/mol. The second-order valence-electron chi connectivity index (χ2n) is 4.91. The van der Waals surface area contributed by atoms with Gasteiger partial charge in [-0.3, -0.25) is 25.3 Å². The van der Waals surface area contributed by atoms with Crippen LogP contribution in [-0.4, -0.2) is 40.0 Å². The van der Waals surface area contributed by atoms with E-state index in [1.165, 1.54) is 0 Å². The van der Waals surface area contributed by atoms with Gasteiger partial charge in [0.05, 0.1) is 23.8 Å². The van der Waals surface area contributed by atoms with Crippen molar-refractivity contribution in [3.63, 3.8) is 0 Å². The number of carbonyl (C=O) groups excluding carboxylic acids is 3. The van der Waals surface area contributed by atoms with Crippen molar-refractivity contribution in [2.75, 3.05) is 0 Å². The molecule has 1 aromatic heterocycles. The normalized spacial score (nSPS) is 18.4. The lowest BCUT2D eigenvalue weighted by Gasteiger charge is -2.21. The number of nitrogens with one attached hydrogen (secondary N) is 4. The van der Waals surface area contributed by atoms with Crippen molar-refractivity contribution in [3.05, 3.63) is 24.4 Å². The minimum atomic E-state index is -0.986. The number of urea groups is 1. The molecule has 2 heterocycles. The summed E-state index contributed by atoms with van der Waals surface area (Å²) in [6.07, 6.45) is 1.51. The molecule has 4 amide bonds. The Balaban J connectivity index is 1.69. The Kier molecular flexibility index (Phi) is 3.63. The van der Waals surface area contributed by atoms with Crippen molar-refractivity contribution in [2.45, 2.75) is 12.5 Å². The zero-order valence-corrected chi connectivity index (χ0v) is 11.8. The number of nitrogens with zero attached hydrogens (tertiary/aromatic N) is 2. The van der Waals surface area contributed by atoms with E-state index >= 15 is 0 Å². The number of amides is 4. The van der Waals surface area contributed by atoms with E-state index in [0.29, 0.717) is 5.69 Å². The van der Waals surface area contributed by atoms with Crippen LogP contribution in [0.5, 0.6) is 0 Å². The van der Waals surface area contributed by atoms with Gasteiger partial charge in [0.1, 0.15) is 6.04 Å². The van der Waals surface area contributed by atoms with Crippen LogP contribution in [0, 0.1) is 0 Å². The van der Waals surface area contributed by atoms with Gasteiger partial charge in [0, 0.05) is 5.39 Å². The van der Waals surface area contributed by atoms with Crippen LogP contribution in [0.1, 0.15) is 6.42 Å². The second kappa shape index (κ2) is 5.75. The molecule has 0 saturated carbocycles. The lowest BCUT2D eigenvalue weighted by molar-refractivity contribution is -0.128. The summed E-state index contributed by atoms with van der Waals surface area (Å²) in [5.41, 5.74) is 6.98. The van der Waals surface area contributed by atoms with Gasteiger partial charge in [-0.2, -0.15) is 5.10 Å². The monoisotopic (exact) mass is 315 g/mol. The molecule has 1 aliphatic rings. The number of guanidine groups is 1. The summed E-state index contributed by atoms with van der Waals surface area (Å²) in [6, 6.07) is 3.53. The van der Waals surface area contributed by atoms with E-state index in [-0.39, 0.29) is 12.4 Å². The molecule has 2 aromatic rings. The second-order valence-corrected chi connectivity index (χ2v) is 4.91. The first-order valence-electron chi connectivity index (χ1n) is 6.70. The van der Waals surface area contributed by atoms with Crippen LogP contribution in [0.3, 0.4) is 0 Å². The van der Waals surface area contributed by atoms with Crippen molar-refractivity contribution >= 4 is 40.4 Å². The highest BCUT2D eigenvalue weighted by Gasteiger charge is 2.29. The first-order chi connectivity index (χ1) is 11.0. The molecular formula is C13H13N7O3. The smallest absolute Gasteiger partial charge is 0.322 e. The molecule has 1 atom stereocenters. The van der Waals surface area contributed by atoms with Gasteiger partial charge in [0.15, 0.2) is 0 Å². The van der Waals surface area contributed by atoms with E-state index in [2.05, 4.69) is 25.8 Å². The molecule has 10 heteroatoms. The number of hydrogen-bond donors (Lipinski definition) is 5.